The maximum atomic E-state index is 12.4. The summed E-state index contributed by atoms with van der Waals surface area (Å²) in [4.78, 5) is 27.2. The Morgan fingerprint density at radius 3 is 1.72 bits per heavy atom. The zero-order valence-electron chi connectivity index (χ0n) is 28.0. The summed E-state index contributed by atoms with van der Waals surface area (Å²) in [7, 11) is -3.46. The largest absolute Gasteiger partial charge is 0.465 e. The second-order valence-corrected chi connectivity index (χ2v) is 14.3. The van der Waals surface area contributed by atoms with Gasteiger partial charge in [0.1, 0.15) is 0 Å². The highest BCUT2D eigenvalue weighted by Crippen LogP contribution is 2.22. The molecule has 0 N–H and O–H groups in total. The summed E-state index contributed by atoms with van der Waals surface area (Å²) in [6, 6.07) is 0.454. The van der Waals surface area contributed by atoms with Gasteiger partial charge in [0, 0.05) is 31.3 Å². The Kier molecular flexibility index (Phi) is 24.1. The van der Waals surface area contributed by atoms with Gasteiger partial charge < -0.3 is 9.47 Å². The third-order valence-electron chi connectivity index (χ3n) is 8.50. The molecule has 0 aromatic rings. The van der Waals surface area contributed by atoms with Crippen LogP contribution < -0.4 is 0 Å². The molecule has 1 aliphatic carbocycles. The minimum Gasteiger partial charge on any atom is -0.465 e. The van der Waals surface area contributed by atoms with Crippen molar-refractivity contribution in [2.24, 2.45) is 5.92 Å². The number of nitrogens with zero attached hydrogens (tertiary/aromatic N) is 1. The first kappa shape index (κ1) is 39.8. The van der Waals surface area contributed by atoms with E-state index in [9.17, 15) is 18.0 Å². The molecular weight excluding hydrogens is 566 g/mol. The van der Waals surface area contributed by atoms with E-state index in [1.54, 1.807) is 0 Å². The fraction of sp³-hybridized carbons (Fsp3) is 0.941. The van der Waals surface area contributed by atoms with E-state index < -0.39 is 10.1 Å². The molecule has 1 saturated carbocycles. The Bertz CT molecular complexity index is 767. The zero-order chi connectivity index (χ0) is 31.6. The van der Waals surface area contributed by atoms with Crippen LogP contribution in [0.2, 0.25) is 0 Å². The average molecular weight is 632 g/mol. The van der Waals surface area contributed by atoms with Gasteiger partial charge in [0.15, 0.2) is 0 Å². The standard InChI is InChI=1S/C34H65NO7S/c1-4-6-8-11-17-24-33(36)40-29-31(30-41-34(37)25-18-12-9-7-5-2)21-19-20-26-35(27-28-42-43(3,38)39)32-22-15-13-10-14-16-23-32/h31-32H,4-30H2,1-3H3. The third kappa shape index (κ3) is 23.8. The highest BCUT2D eigenvalue weighted by molar-refractivity contribution is 7.85. The van der Waals surface area contributed by atoms with E-state index in [0.717, 1.165) is 83.4 Å². The molecule has 254 valence electrons. The summed E-state index contributed by atoms with van der Waals surface area (Å²) in [5.74, 6) is -0.341. The van der Waals surface area contributed by atoms with Crippen molar-refractivity contribution in [3.05, 3.63) is 0 Å². The minimum absolute atomic E-state index is 0.0171. The summed E-state index contributed by atoms with van der Waals surface area (Å²) >= 11 is 0. The van der Waals surface area contributed by atoms with Gasteiger partial charge in [0.2, 0.25) is 0 Å². The first-order valence-electron chi connectivity index (χ1n) is 17.6. The third-order valence-corrected chi connectivity index (χ3v) is 9.10. The van der Waals surface area contributed by atoms with Crippen LogP contribution in [0.15, 0.2) is 0 Å². The monoisotopic (exact) mass is 631 g/mol. The van der Waals surface area contributed by atoms with Crippen molar-refractivity contribution in [1.29, 1.82) is 0 Å². The molecule has 0 unspecified atom stereocenters. The van der Waals surface area contributed by atoms with Gasteiger partial charge in [-0.1, -0.05) is 104 Å². The van der Waals surface area contributed by atoms with Gasteiger partial charge in [0.25, 0.3) is 10.1 Å². The molecule has 0 amide bonds. The smallest absolute Gasteiger partial charge is 0.305 e. The number of hydrogen-bond acceptors (Lipinski definition) is 8. The second kappa shape index (κ2) is 26.1. The van der Waals surface area contributed by atoms with Crippen molar-refractivity contribution < 1.29 is 31.7 Å². The Hall–Kier alpha value is -1.19. The van der Waals surface area contributed by atoms with E-state index in [2.05, 4.69) is 18.7 Å². The van der Waals surface area contributed by atoms with Gasteiger partial charge in [0.05, 0.1) is 26.1 Å². The number of unbranched alkanes of at least 4 members (excludes halogenated alkanes) is 9. The van der Waals surface area contributed by atoms with Crippen LogP contribution >= 0.6 is 0 Å². The van der Waals surface area contributed by atoms with Gasteiger partial charge in [-0.25, -0.2) is 0 Å². The molecule has 0 heterocycles. The van der Waals surface area contributed by atoms with E-state index in [-0.39, 0.29) is 37.7 Å². The zero-order valence-corrected chi connectivity index (χ0v) is 28.8. The molecule has 9 heteroatoms. The SMILES string of the molecule is CCCCCCCC(=O)OCC(CCCCN(CCOS(C)(=O)=O)C1CCCCCCC1)COC(=O)CCCCCCC. The van der Waals surface area contributed by atoms with Crippen LogP contribution in [0.4, 0.5) is 0 Å². The molecule has 0 spiro atoms. The summed E-state index contributed by atoms with van der Waals surface area (Å²) in [5.41, 5.74) is 0. The van der Waals surface area contributed by atoms with Crippen LogP contribution in [0.1, 0.15) is 155 Å². The lowest BCUT2D eigenvalue weighted by atomic mass is 9.95. The quantitative estimate of drug-likeness (QED) is 0.0538. The first-order chi connectivity index (χ1) is 20.7. The fourth-order valence-corrected chi connectivity index (χ4v) is 6.23. The Morgan fingerprint density at radius 2 is 1.21 bits per heavy atom. The van der Waals surface area contributed by atoms with Crippen LogP contribution in [0.25, 0.3) is 0 Å². The maximum Gasteiger partial charge on any atom is 0.305 e. The van der Waals surface area contributed by atoms with E-state index in [1.807, 2.05) is 0 Å². The Balaban J connectivity index is 2.60. The molecule has 0 aromatic carbocycles. The van der Waals surface area contributed by atoms with Gasteiger partial charge in [-0.2, -0.15) is 8.42 Å². The second-order valence-electron chi connectivity index (χ2n) is 12.6. The summed E-state index contributed by atoms with van der Waals surface area (Å²) in [6.45, 7) is 6.58. The molecule has 0 atom stereocenters. The number of ether oxygens (including phenoxy) is 2. The fourth-order valence-electron chi connectivity index (χ4n) is 5.86. The molecule has 0 aliphatic heterocycles. The Labute approximate surface area is 264 Å². The highest BCUT2D eigenvalue weighted by atomic mass is 32.2. The van der Waals surface area contributed by atoms with Crippen molar-refractivity contribution >= 4 is 22.1 Å². The summed E-state index contributed by atoms with van der Waals surface area (Å²) in [5, 5.41) is 0. The van der Waals surface area contributed by atoms with Crippen LogP contribution in [0, 0.1) is 5.92 Å². The lowest BCUT2D eigenvalue weighted by Gasteiger charge is -2.33. The maximum absolute atomic E-state index is 12.4. The molecule has 1 rings (SSSR count). The molecule has 0 bridgehead atoms. The van der Waals surface area contributed by atoms with Crippen LogP contribution in [-0.4, -0.2) is 70.5 Å². The first-order valence-corrected chi connectivity index (χ1v) is 19.5. The molecular formula is C34H65NO7S. The van der Waals surface area contributed by atoms with Gasteiger partial charge >= 0.3 is 11.9 Å². The van der Waals surface area contributed by atoms with Crippen molar-refractivity contribution in [2.45, 2.75) is 161 Å². The number of hydrogen-bond donors (Lipinski definition) is 0. The van der Waals surface area contributed by atoms with Crippen LogP contribution in [0.5, 0.6) is 0 Å². The van der Waals surface area contributed by atoms with E-state index >= 15 is 0 Å². The topological polar surface area (TPSA) is 99.2 Å². The number of esters is 2. The summed E-state index contributed by atoms with van der Waals surface area (Å²) in [6.07, 6.45) is 24.1. The molecule has 8 nitrogen and oxygen atoms in total. The van der Waals surface area contributed by atoms with Crippen molar-refractivity contribution in [2.75, 3.05) is 39.2 Å². The number of rotatable bonds is 26. The van der Waals surface area contributed by atoms with Gasteiger partial charge in [-0.15, -0.1) is 0 Å². The van der Waals surface area contributed by atoms with Gasteiger partial charge in [-0.3, -0.25) is 18.7 Å². The number of carbonyl (C=O) groups is 2. The molecule has 0 radical (unpaired) electrons. The van der Waals surface area contributed by atoms with E-state index in [1.165, 1.54) is 57.8 Å². The average Bonchev–Trinajstić information content (AvgIpc) is 2.94. The molecule has 43 heavy (non-hydrogen) atoms. The van der Waals surface area contributed by atoms with Crippen molar-refractivity contribution in [1.82, 2.24) is 4.90 Å². The lowest BCUT2D eigenvalue weighted by Crippen LogP contribution is -2.39. The lowest BCUT2D eigenvalue weighted by molar-refractivity contribution is -0.149. The normalized spacial score (nSPS) is 15.0. The van der Waals surface area contributed by atoms with E-state index in [0.29, 0.717) is 25.4 Å². The van der Waals surface area contributed by atoms with Crippen LogP contribution in [0.3, 0.4) is 0 Å². The van der Waals surface area contributed by atoms with Crippen LogP contribution in [-0.2, 0) is 33.4 Å². The Morgan fingerprint density at radius 1 is 0.698 bits per heavy atom. The minimum atomic E-state index is -3.46. The van der Waals surface area contributed by atoms with Crippen molar-refractivity contribution in [3.63, 3.8) is 0 Å². The van der Waals surface area contributed by atoms with Crippen molar-refractivity contribution in [3.8, 4) is 0 Å². The predicted molar refractivity (Wildman–Crippen MR) is 174 cm³/mol. The molecule has 1 aliphatic rings. The molecule has 0 saturated heterocycles. The van der Waals surface area contributed by atoms with Gasteiger partial charge in [-0.05, 0) is 45.1 Å². The highest BCUT2D eigenvalue weighted by Gasteiger charge is 2.21. The van der Waals surface area contributed by atoms with E-state index in [4.69, 9.17) is 13.7 Å². The summed E-state index contributed by atoms with van der Waals surface area (Å²) < 4.78 is 39.4. The molecule has 1 fully saturated rings. The number of carbonyl (C=O) groups excluding carboxylic acids is 2. The molecule has 0 aromatic heterocycles. The predicted octanol–water partition coefficient (Wildman–Crippen LogP) is 7.97.